The second-order valence-electron chi connectivity index (χ2n) is 5.73. The lowest BCUT2D eigenvalue weighted by Crippen LogP contribution is -2.28. The quantitative estimate of drug-likeness (QED) is 0.713. The summed E-state index contributed by atoms with van der Waals surface area (Å²) in [5, 5.41) is 3.46. The van der Waals surface area contributed by atoms with E-state index in [-0.39, 0.29) is 0 Å². The van der Waals surface area contributed by atoms with Crippen LogP contribution in [-0.4, -0.2) is 19.6 Å². The number of hydrogen-bond acceptors (Lipinski definition) is 2. The number of benzene rings is 1. The van der Waals surface area contributed by atoms with Crippen LogP contribution < -0.4 is 10.2 Å². The molecule has 1 aromatic carbocycles. The van der Waals surface area contributed by atoms with Crippen molar-refractivity contribution in [3.05, 3.63) is 29.3 Å². The van der Waals surface area contributed by atoms with E-state index in [0.717, 1.165) is 26.2 Å². The molecule has 0 fully saturated rings. The summed E-state index contributed by atoms with van der Waals surface area (Å²) in [7, 11) is 0. The predicted octanol–water partition coefficient (Wildman–Crippen LogP) is 3.98. The van der Waals surface area contributed by atoms with Gasteiger partial charge in [0.05, 0.1) is 0 Å². The lowest BCUT2D eigenvalue weighted by Gasteiger charge is -2.27. The molecule has 0 amide bonds. The third kappa shape index (κ3) is 5.23. The lowest BCUT2D eigenvalue weighted by molar-refractivity contribution is 0.617. The summed E-state index contributed by atoms with van der Waals surface area (Å²) < 4.78 is 0. The van der Waals surface area contributed by atoms with Gasteiger partial charge in [-0.05, 0) is 49.9 Å². The average molecular weight is 262 g/mol. The first-order chi connectivity index (χ1) is 9.08. The van der Waals surface area contributed by atoms with Gasteiger partial charge in [0.1, 0.15) is 0 Å². The van der Waals surface area contributed by atoms with Crippen LogP contribution in [0, 0.1) is 12.8 Å². The molecule has 0 unspecified atom stereocenters. The molecule has 19 heavy (non-hydrogen) atoms. The Balaban J connectivity index is 2.74. The highest BCUT2D eigenvalue weighted by atomic mass is 15.1. The van der Waals surface area contributed by atoms with E-state index in [4.69, 9.17) is 0 Å². The van der Waals surface area contributed by atoms with E-state index in [1.807, 2.05) is 0 Å². The Morgan fingerprint density at radius 1 is 1.21 bits per heavy atom. The highest BCUT2D eigenvalue weighted by Gasteiger charge is 2.09. The lowest BCUT2D eigenvalue weighted by atomic mass is 10.1. The molecular formula is C17H30N2. The molecule has 2 nitrogen and oxygen atoms in total. The smallest absolute Gasteiger partial charge is 0.0396 e. The van der Waals surface area contributed by atoms with Crippen molar-refractivity contribution >= 4 is 5.69 Å². The van der Waals surface area contributed by atoms with Crippen molar-refractivity contribution < 1.29 is 0 Å². The molecule has 0 heterocycles. The fraction of sp³-hybridized carbons (Fsp3) is 0.647. The zero-order valence-corrected chi connectivity index (χ0v) is 13.3. The third-order valence-electron chi connectivity index (χ3n) is 3.33. The van der Waals surface area contributed by atoms with Gasteiger partial charge in [-0.15, -0.1) is 0 Å². The molecule has 0 spiro atoms. The van der Waals surface area contributed by atoms with E-state index in [1.54, 1.807) is 0 Å². The third-order valence-corrected chi connectivity index (χ3v) is 3.33. The molecule has 0 bridgehead atoms. The molecule has 0 radical (unpaired) electrons. The van der Waals surface area contributed by atoms with Crippen molar-refractivity contribution in [2.24, 2.45) is 5.92 Å². The molecule has 108 valence electrons. The Morgan fingerprint density at radius 3 is 2.47 bits per heavy atom. The van der Waals surface area contributed by atoms with Crippen molar-refractivity contribution in [3.8, 4) is 0 Å². The Labute approximate surface area is 119 Å². The van der Waals surface area contributed by atoms with Crippen molar-refractivity contribution in [1.82, 2.24) is 5.32 Å². The second-order valence-corrected chi connectivity index (χ2v) is 5.73. The molecule has 1 rings (SSSR count). The van der Waals surface area contributed by atoms with Crippen LogP contribution in [0.15, 0.2) is 18.2 Å². The minimum atomic E-state index is 0.699. The minimum Gasteiger partial charge on any atom is -0.371 e. The van der Waals surface area contributed by atoms with Crippen LogP contribution in [0.2, 0.25) is 0 Å². The fourth-order valence-corrected chi connectivity index (χ4v) is 2.43. The predicted molar refractivity (Wildman–Crippen MR) is 85.9 cm³/mol. The summed E-state index contributed by atoms with van der Waals surface area (Å²) >= 11 is 0. The number of aryl methyl sites for hydroxylation is 1. The van der Waals surface area contributed by atoms with Gasteiger partial charge in [-0.1, -0.05) is 32.9 Å². The standard InChI is InChI=1S/C17H30N2/c1-6-10-18-12-16-8-9-17(15(5)11-16)19(7-2)13-14(3)4/h8-9,11,14,18H,6-7,10,12-13H2,1-5H3. The molecular weight excluding hydrogens is 232 g/mol. The zero-order chi connectivity index (χ0) is 14.3. The highest BCUT2D eigenvalue weighted by molar-refractivity contribution is 5.54. The molecule has 0 aliphatic carbocycles. The average Bonchev–Trinajstić information content (AvgIpc) is 2.37. The first-order valence-electron chi connectivity index (χ1n) is 7.63. The molecule has 0 aliphatic rings. The van der Waals surface area contributed by atoms with Crippen LogP contribution in [0.4, 0.5) is 5.69 Å². The summed E-state index contributed by atoms with van der Waals surface area (Å²) in [5.74, 6) is 0.699. The fourth-order valence-electron chi connectivity index (χ4n) is 2.43. The van der Waals surface area contributed by atoms with Gasteiger partial charge in [0.25, 0.3) is 0 Å². The summed E-state index contributed by atoms with van der Waals surface area (Å²) in [6.45, 7) is 15.5. The molecule has 1 aromatic rings. The van der Waals surface area contributed by atoms with E-state index >= 15 is 0 Å². The maximum absolute atomic E-state index is 3.46. The SMILES string of the molecule is CCCNCc1ccc(N(CC)CC(C)C)c(C)c1. The van der Waals surface area contributed by atoms with Crippen molar-refractivity contribution in [2.45, 2.75) is 47.6 Å². The van der Waals surface area contributed by atoms with E-state index in [0.29, 0.717) is 5.92 Å². The molecule has 1 N–H and O–H groups in total. The molecule has 0 saturated heterocycles. The monoisotopic (exact) mass is 262 g/mol. The number of nitrogens with one attached hydrogen (secondary N) is 1. The van der Waals surface area contributed by atoms with Crippen LogP contribution in [-0.2, 0) is 6.54 Å². The largest absolute Gasteiger partial charge is 0.371 e. The van der Waals surface area contributed by atoms with Gasteiger partial charge in [-0.2, -0.15) is 0 Å². The number of nitrogens with zero attached hydrogens (tertiary/aromatic N) is 1. The van der Waals surface area contributed by atoms with E-state index in [9.17, 15) is 0 Å². The number of anilines is 1. The van der Waals surface area contributed by atoms with Crippen LogP contribution in [0.5, 0.6) is 0 Å². The van der Waals surface area contributed by atoms with Crippen LogP contribution in [0.1, 0.15) is 45.2 Å². The normalized spacial score (nSPS) is 11.1. The van der Waals surface area contributed by atoms with Crippen molar-refractivity contribution in [2.75, 3.05) is 24.5 Å². The summed E-state index contributed by atoms with van der Waals surface area (Å²) in [5.41, 5.74) is 4.16. The number of rotatable bonds is 8. The van der Waals surface area contributed by atoms with Gasteiger partial charge in [0.2, 0.25) is 0 Å². The highest BCUT2D eigenvalue weighted by Crippen LogP contribution is 2.22. The summed E-state index contributed by atoms with van der Waals surface area (Å²) in [6, 6.07) is 6.86. The molecule has 0 aromatic heterocycles. The minimum absolute atomic E-state index is 0.699. The summed E-state index contributed by atoms with van der Waals surface area (Å²) in [6.07, 6.45) is 1.19. The van der Waals surface area contributed by atoms with Crippen LogP contribution in [0.25, 0.3) is 0 Å². The van der Waals surface area contributed by atoms with E-state index < -0.39 is 0 Å². The number of hydrogen-bond donors (Lipinski definition) is 1. The first-order valence-corrected chi connectivity index (χ1v) is 7.63. The Bertz CT molecular complexity index is 372. The Morgan fingerprint density at radius 2 is 1.95 bits per heavy atom. The van der Waals surface area contributed by atoms with E-state index in [1.165, 1.54) is 23.2 Å². The van der Waals surface area contributed by atoms with Crippen molar-refractivity contribution in [3.63, 3.8) is 0 Å². The van der Waals surface area contributed by atoms with E-state index in [2.05, 4.69) is 63.0 Å². The van der Waals surface area contributed by atoms with Crippen LogP contribution in [0.3, 0.4) is 0 Å². The topological polar surface area (TPSA) is 15.3 Å². The molecule has 2 heteroatoms. The first kappa shape index (κ1) is 16.0. The zero-order valence-electron chi connectivity index (χ0n) is 13.3. The maximum atomic E-state index is 3.46. The maximum Gasteiger partial charge on any atom is 0.0396 e. The van der Waals surface area contributed by atoms with Gasteiger partial charge in [0, 0.05) is 25.3 Å². The summed E-state index contributed by atoms with van der Waals surface area (Å²) in [4.78, 5) is 2.48. The Hall–Kier alpha value is -1.02. The molecule has 0 aliphatic heterocycles. The molecule has 0 atom stereocenters. The van der Waals surface area contributed by atoms with Gasteiger partial charge >= 0.3 is 0 Å². The van der Waals surface area contributed by atoms with Gasteiger partial charge in [0.15, 0.2) is 0 Å². The Kier molecular flexibility index (Phi) is 6.93. The van der Waals surface area contributed by atoms with Gasteiger partial charge in [-0.25, -0.2) is 0 Å². The van der Waals surface area contributed by atoms with Gasteiger partial charge in [-0.3, -0.25) is 0 Å². The second kappa shape index (κ2) is 8.21. The van der Waals surface area contributed by atoms with Crippen molar-refractivity contribution in [1.29, 1.82) is 0 Å². The van der Waals surface area contributed by atoms with Gasteiger partial charge < -0.3 is 10.2 Å². The molecule has 0 saturated carbocycles. The van der Waals surface area contributed by atoms with Crippen LogP contribution >= 0.6 is 0 Å².